The lowest BCUT2D eigenvalue weighted by Crippen LogP contribution is -2.43. The Bertz CT molecular complexity index is 984. The summed E-state index contributed by atoms with van der Waals surface area (Å²) in [6.07, 6.45) is 3.24. The highest BCUT2D eigenvalue weighted by molar-refractivity contribution is 6.31. The number of carbonyl (C=O) groups excluding carboxylic acids is 2. The maximum atomic E-state index is 13.4. The van der Waals surface area contributed by atoms with Gasteiger partial charge in [-0.1, -0.05) is 11.6 Å². The molecule has 11 heteroatoms. The molecule has 0 atom stereocenters. The number of esters is 2. The normalized spacial score (nSPS) is 14.1. The number of ether oxygens (including phenoxy) is 2. The summed E-state index contributed by atoms with van der Waals surface area (Å²) in [5, 5.41) is 3.15. The highest BCUT2D eigenvalue weighted by Gasteiger charge is 2.25. The molecule has 1 saturated heterocycles. The van der Waals surface area contributed by atoms with Crippen LogP contribution in [0.15, 0.2) is 30.6 Å². The predicted octanol–water partition coefficient (Wildman–Crippen LogP) is 3.66. The van der Waals surface area contributed by atoms with Crippen molar-refractivity contribution >= 4 is 40.9 Å². The Kier molecular flexibility index (Phi) is 10.0. The van der Waals surface area contributed by atoms with Gasteiger partial charge in [0.2, 0.25) is 0 Å². The summed E-state index contributed by atoms with van der Waals surface area (Å²) in [4.78, 5) is 36.6. The minimum atomic E-state index is -0.480. The van der Waals surface area contributed by atoms with Gasteiger partial charge in [-0.3, -0.25) is 14.5 Å². The highest BCUT2D eigenvalue weighted by atomic mass is 35.5. The van der Waals surface area contributed by atoms with Crippen molar-refractivity contribution in [2.75, 3.05) is 56.2 Å². The average molecular weight is 508 g/mol. The average Bonchev–Trinajstić information content (AvgIpc) is 2.82. The number of anilines is 3. The first kappa shape index (κ1) is 26.6. The van der Waals surface area contributed by atoms with Crippen LogP contribution in [-0.4, -0.2) is 72.7 Å². The molecule has 2 heterocycles. The molecule has 2 aromatic rings. The van der Waals surface area contributed by atoms with Crippen molar-refractivity contribution in [3.8, 4) is 0 Å². The zero-order valence-corrected chi connectivity index (χ0v) is 20.8. The second kappa shape index (κ2) is 13.2. The smallest absolute Gasteiger partial charge is 0.320 e. The third-order valence-corrected chi connectivity index (χ3v) is 5.91. The number of benzene rings is 1. The molecule has 1 fully saturated rings. The van der Waals surface area contributed by atoms with E-state index in [0.717, 1.165) is 31.7 Å². The molecule has 0 spiro atoms. The number of carbonyl (C=O) groups is 2. The van der Waals surface area contributed by atoms with E-state index < -0.39 is 5.82 Å². The Labute approximate surface area is 209 Å². The van der Waals surface area contributed by atoms with Crippen LogP contribution >= 0.6 is 11.6 Å². The lowest BCUT2D eigenvalue weighted by atomic mass is 9.96. The van der Waals surface area contributed by atoms with Crippen molar-refractivity contribution in [1.29, 1.82) is 0 Å². The SMILES string of the molecule is CCOC(=O)CN(CC(=O)OCC)CC1CCN(c2cc(Nc3ccc(F)c(Cl)c3)ncn2)CC1. The van der Waals surface area contributed by atoms with Gasteiger partial charge in [-0.15, -0.1) is 0 Å². The molecule has 1 aromatic carbocycles. The highest BCUT2D eigenvalue weighted by Crippen LogP contribution is 2.26. The van der Waals surface area contributed by atoms with Crippen LogP contribution in [0.5, 0.6) is 0 Å². The molecule has 0 radical (unpaired) electrons. The van der Waals surface area contributed by atoms with Gasteiger partial charge in [0.05, 0.1) is 31.3 Å². The van der Waals surface area contributed by atoms with Gasteiger partial charge in [-0.25, -0.2) is 14.4 Å². The molecule has 9 nitrogen and oxygen atoms in total. The molecule has 0 saturated carbocycles. The lowest BCUT2D eigenvalue weighted by molar-refractivity contribution is -0.148. The molecular weight excluding hydrogens is 477 g/mol. The molecule has 1 N–H and O–H groups in total. The third-order valence-electron chi connectivity index (χ3n) is 5.62. The van der Waals surface area contributed by atoms with Crippen LogP contribution in [0.25, 0.3) is 0 Å². The van der Waals surface area contributed by atoms with Crippen molar-refractivity contribution in [2.24, 2.45) is 5.92 Å². The van der Waals surface area contributed by atoms with E-state index >= 15 is 0 Å². The summed E-state index contributed by atoms with van der Waals surface area (Å²) in [7, 11) is 0. The molecule has 1 aliphatic rings. The molecule has 190 valence electrons. The summed E-state index contributed by atoms with van der Waals surface area (Å²) in [5.74, 6) is 0.497. The van der Waals surface area contributed by atoms with Gasteiger partial charge in [-0.2, -0.15) is 0 Å². The minimum absolute atomic E-state index is 0.0336. The third kappa shape index (κ3) is 8.32. The summed E-state index contributed by atoms with van der Waals surface area (Å²) < 4.78 is 23.5. The summed E-state index contributed by atoms with van der Waals surface area (Å²) >= 11 is 5.86. The quantitative estimate of drug-likeness (QED) is 0.457. The second-order valence-electron chi connectivity index (χ2n) is 8.23. The number of nitrogens with zero attached hydrogens (tertiary/aromatic N) is 4. The van der Waals surface area contributed by atoms with E-state index in [9.17, 15) is 14.0 Å². The molecular formula is C24H31ClFN5O4. The van der Waals surface area contributed by atoms with Gasteiger partial charge in [0.25, 0.3) is 0 Å². The zero-order chi connectivity index (χ0) is 25.2. The summed E-state index contributed by atoms with van der Waals surface area (Å²) in [6.45, 7) is 6.38. The van der Waals surface area contributed by atoms with Gasteiger partial charge < -0.3 is 19.7 Å². The maximum Gasteiger partial charge on any atom is 0.320 e. The summed E-state index contributed by atoms with van der Waals surface area (Å²) in [6, 6.07) is 6.23. The van der Waals surface area contributed by atoms with Gasteiger partial charge in [0.1, 0.15) is 23.8 Å². The van der Waals surface area contributed by atoms with Gasteiger partial charge in [0.15, 0.2) is 0 Å². The molecule has 0 bridgehead atoms. The molecule has 1 aromatic heterocycles. The van der Waals surface area contributed by atoms with Crippen LogP contribution in [-0.2, 0) is 19.1 Å². The van der Waals surface area contributed by atoms with Crippen molar-refractivity contribution in [2.45, 2.75) is 26.7 Å². The number of halogens is 2. The molecule has 0 amide bonds. The van der Waals surface area contributed by atoms with Crippen LogP contribution in [0.4, 0.5) is 21.7 Å². The Morgan fingerprint density at radius 3 is 2.37 bits per heavy atom. The Balaban J connectivity index is 1.56. The lowest BCUT2D eigenvalue weighted by Gasteiger charge is -2.35. The fourth-order valence-electron chi connectivity index (χ4n) is 3.98. The fourth-order valence-corrected chi connectivity index (χ4v) is 4.16. The summed E-state index contributed by atoms with van der Waals surface area (Å²) in [5.41, 5.74) is 0.628. The molecule has 1 aliphatic heterocycles. The van der Waals surface area contributed by atoms with E-state index in [-0.39, 0.29) is 30.1 Å². The van der Waals surface area contributed by atoms with E-state index in [4.69, 9.17) is 21.1 Å². The van der Waals surface area contributed by atoms with Crippen LogP contribution in [0.3, 0.4) is 0 Å². The number of hydrogen-bond acceptors (Lipinski definition) is 9. The monoisotopic (exact) mass is 507 g/mol. The molecule has 3 rings (SSSR count). The van der Waals surface area contributed by atoms with Gasteiger partial charge in [-0.05, 0) is 50.8 Å². The molecule has 0 unspecified atom stereocenters. The van der Waals surface area contributed by atoms with Gasteiger partial charge in [0, 0.05) is 31.4 Å². The molecule has 0 aliphatic carbocycles. The number of rotatable bonds is 11. The Hall–Kier alpha value is -2.98. The van der Waals surface area contributed by atoms with Crippen LogP contribution < -0.4 is 10.2 Å². The maximum absolute atomic E-state index is 13.4. The molecule has 35 heavy (non-hydrogen) atoms. The van der Waals surface area contributed by atoms with Crippen LogP contribution in [0.1, 0.15) is 26.7 Å². The number of nitrogens with one attached hydrogen (secondary N) is 1. The van der Waals surface area contributed by atoms with E-state index in [0.29, 0.717) is 37.2 Å². The van der Waals surface area contributed by atoms with Crippen molar-refractivity contribution in [3.05, 3.63) is 41.4 Å². The first-order valence-corrected chi connectivity index (χ1v) is 12.1. The number of aromatic nitrogens is 2. The Morgan fingerprint density at radius 2 is 1.77 bits per heavy atom. The van der Waals surface area contributed by atoms with Crippen molar-refractivity contribution in [1.82, 2.24) is 14.9 Å². The van der Waals surface area contributed by atoms with Crippen LogP contribution in [0.2, 0.25) is 5.02 Å². The topological polar surface area (TPSA) is 96.9 Å². The predicted molar refractivity (Wildman–Crippen MR) is 131 cm³/mol. The zero-order valence-electron chi connectivity index (χ0n) is 20.0. The minimum Gasteiger partial charge on any atom is -0.465 e. The number of hydrogen-bond donors (Lipinski definition) is 1. The first-order chi connectivity index (χ1) is 16.9. The fraction of sp³-hybridized carbons (Fsp3) is 0.500. The Morgan fingerprint density at radius 1 is 1.11 bits per heavy atom. The van der Waals surface area contributed by atoms with Crippen molar-refractivity contribution in [3.63, 3.8) is 0 Å². The first-order valence-electron chi connectivity index (χ1n) is 11.7. The van der Waals surface area contributed by atoms with E-state index in [1.807, 2.05) is 6.07 Å². The largest absolute Gasteiger partial charge is 0.465 e. The van der Waals surface area contributed by atoms with Crippen LogP contribution in [0, 0.1) is 11.7 Å². The standard InChI is InChI=1S/C24H31ClFN5O4/c1-3-34-23(32)14-30(15-24(33)35-4-2)13-17-7-9-31(10-8-17)22-12-21(27-16-28-22)29-18-5-6-20(26)19(25)11-18/h5-6,11-12,16-17H,3-4,7-10,13-15H2,1-2H3,(H,27,28,29). The van der Waals surface area contributed by atoms with Gasteiger partial charge >= 0.3 is 11.9 Å². The van der Waals surface area contributed by atoms with E-state index in [1.165, 1.54) is 18.5 Å². The second-order valence-corrected chi connectivity index (χ2v) is 8.63. The number of piperidine rings is 1. The van der Waals surface area contributed by atoms with E-state index in [1.54, 1.807) is 24.8 Å². The van der Waals surface area contributed by atoms with Crippen molar-refractivity contribution < 1.29 is 23.5 Å². The van der Waals surface area contributed by atoms with E-state index in [2.05, 4.69) is 20.2 Å².